The second kappa shape index (κ2) is 7.61. The molecule has 0 N–H and O–H groups in total. The Morgan fingerprint density at radius 3 is 2.30 bits per heavy atom. The molecule has 7 heteroatoms. The fourth-order valence-corrected chi connectivity index (χ4v) is 4.20. The van der Waals surface area contributed by atoms with Crippen LogP contribution < -0.4 is 14.4 Å². The number of pyridine rings is 1. The number of hydrogen-bond acceptors (Lipinski definition) is 5. The first-order chi connectivity index (χ1) is 14.4. The van der Waals surface area contributed by atoms with Gasteiger partial charge in [0.25, 0.3) is 11.8 Å². The Labute approximate surface area is 179 Å². The number of carbonyl (C=O) groups is 2. The topological polar surface area (TPSA) is 68.7 Å². The monoisotopic (exact) mass is 424 g/mol. The predicted octanol–water partition coefficient (Wildman–Crippen LogP) is 4.83. The van der Waals surface area contributed by atoms with Gasteiger partial charge in [-0.3, -0.25) is 9.59 Å². The van der Waals surface area contributed by atoms with Crippen LogP contribution in [0.5, 0.6) is 11.5 Å². The lowest BCUT2D eigenvalue weighted by Crippen LogP contribution is -2.31. The van der Waals surface area contributed by atoms with E-state index in [1.54, 1.807) is 25.3 Å². The zero-order chi connectivity index (χ0) is 21.6. The third-order valence-corrected chi connectivity index (χ3v) is 5.78. The molecule has 2 heterocycles. The van der Waals surface area contributed by atoms with Crippen LogP contribution in [-0.4, -0.2) is 31.0 Å². The van der Waals surface area contributed by atoms with E-state index in [4.69, 9.17) is 21.1 Å². The highest BCUT2D eigenvalue weighted by Crippen LogP contribution is 2.39. The maximum atomic E-state index is 13.3. The Balaban J connectivity index is 1.93. The van der Waals surface area contributed by atoms with Gasteiger partial charge in [-0.2, -0.15) is 0 Å². The van der Waals surface area contributed by atoms with Crippen molar-refractivity contribution in [2.75, 3.05) is 19.1 Å². The van der Waals surface area contributed by atoms with Gasteiger partial charge in [0.2, 0.25) is 0 Å². The Hall–Kier alpha value is -3.12. The molecule has 2 aromatic carbocycles. The molecule has 0 atom stereocenters. The minimum Gasteiger partial charge on any atom is -0.493 e. The third kappa shape index (κ3) is 2.91. The minimum absolute atomic E-state index is 0.129. The number of benzene rings is 2. The quantitative estimate of drug-likeness (QED) is 0.548. The Kier molecular flexibility index (Phi) is 5.12. The van der Waals surface area contributed by atoms with Crippen molar-refractivity contribution in [2.45, 2.75) is 26.7 Å². The fourth-order valence-electron chi connectivity index (χ4n) is 3.91. The zero-order valence-corrected chi connectivity index (χ0v) is 18.0. The predicted molar refractivity (Wildman–Crippen MR) is 116 cm³/mol. The third-order valence-electron chi connectivity index (χ3n) is 5.43. The van der Waals surface area contributed by atoms with Crippen molar-refractivity contribution < 1.29 is 19.1 Å². The van der Waals surface area contributed by atoms with Crippen molar-refractivity contribution in [1.82, 2.24) is 4.98 Å². The van der Waals surface area contributed by atoms with E-state index in [0.717, 1.165) is 11.1 Å². The molecule has 1 aliphatic heterocycles. The van der Waals surface area contributed by atoms with Crippen LogP contribution >= 0.6 is 11.6 Å². The van der Waals surface area contributed by atoms with Gasteiger partial charge < -0.3 is 9.47 Å². The number of fused-ring (bicyclic) bond motifs is 2. The first kappa shape index (κ1) is 20.2. The summed E-state index contributed by atoms with van der Waals surface area (Å²) in [5, 5.41) is 1.22. The second-order valence-electron chi connectivity index (χ2n) is 6.97. The van der Waals surface area contributed by atoms with Crippen LogP contribution in [0.1, 0.15) is 45.8 Å². The van der Waals surface area contributed by atoms with Gasteiger partial charge in [-0.25, -0.2) is 9.88 Å². The van der Waals surface area contributed by atoms with Gasteiger partial charge in [-0.15, -0.1) is 0 Å². The summed E-state index contributed by atoms with van der Waals surface area (Å²) in [5.41, 5.74) is 3.18. The first-order valence-electron chi connectivity index (χ1n) is 9.70. The Morgan fingerprint density at radius 2 is 1.67 bits per heavy atom. The minimum atomic E-state index is -0.446. The molecule has 1 aliphatic rings. The highest BCUT2D eigenvalue weighted by Gasteiger charge is 2.40. The smallest absolute Gasteiger partial charge is 0.284 e. The van der Waals surface area contributed by atoms with Gasteiger partial charge in [0, 0.05) is 16.5 Å². The lowest BCUT2D eigenvalue weighted by atomic mass is 10.0. The molecule has 0 fully saturated rings. The van der Waals surface area contributed by atoms with Gasteiger partial charge in [0.05, 0.1) is 31.0 Å². The standard InChI is InChI=1S/C23H21ClN2O4/c1-5-12-7-8-16(24)14(6-2)21(12)26-22(27)15-9-13-10-18(29-3)19(30-4)11-17(13)25-20(15)23(26)28/h7-11H,5-6H2,1-4H3. The van der Waals surface area contributed by atoms with E-state index in [-0.39, 0.29) is 11.3 Å². The highest BCUT2D eigenvalue weighted by atomic mass is 35.5. The molecule has 0 bridgehead atoms. The van der Waals surface area contributed by atoms with Gasteiger partial charge in [0.1, 0.15) is 5.69 Å². The molecule has 4 rings (SSSR count). The van der Waals surface area contributed by atoms with Crippen molar-refractivity contribution >= 4 is 40.0 Å². The van der Waals surface area contributed by atoms with E-state index >= 15 is 0 Å². The summed E-state index contributed by atoms with van der Waals surface area (Å²) in [6.07, 6.45) is 1.26. The number of aromatic nitrogens is 1. The van der Waals surface area contributed by atoms with Gasteiger partial charge in [-0.1, -0.05) is 31.5 Å². The van der Waals surface area contributed by atoms with Crippen molar-refractivity contribution in [1.29, 1.82) is 0 Å². The van der Waals surface area contributed by atoms with E-state index in [9.17, 15) is 9.59 Å². The highest BCUT2D eigenvalue weighted by molar-refractivity contribution is 6.36. The fraction of sp³-hybridized carbons (Fsp3) is 0.261. The van der Waals surface area contributed by atoms with Crippen molar-refractivity contribution in [2.24, 2.45) is 0 Å². The number of aryl methyl sites for hydroxylation is 1. The molecule has 6 nitrogen and oxygen atoms in total. The molecule has 0 aliphatic carbocycles. The molecule has 0 saturated carbocycles. The summed E-state index contributed by atoms with van der Waals surface area (Å²) in [6, 6.07) is 8.80. The van der Waals surface area contributed by atoms with Crippen LogP contribution in [0, 0.1) is 0 Å². The van der Waals surface area contributed by atoms with Crippen LogP contribution in [0.4, 0.5) is 5.69 Å². The molecule has 3 aromatic rings. The molecular formula is C23H21ClN2O4. The van der Waals surface area contributed by atoms with E-state index < -0.39 is 11.8 Å². The van der Waals surface area contributed by atoms with E-state index in [2.05, 4.69) is 4.98 Å². The summed E-state index contributed by atoms with van der Waals surface area (Å²) < 4.78 is 10.7. The van der Waals surface area contributed by atoms with Crippen LogP contribution in [-0.2, 0) is 12.8 Å². The average Bonchev–Trinajstić information content (AvgIpc) is 3.00. The Morgan fingerprint density at radius 1 is 0.967 bits per heavy atom. The SMILES string of the molecule is CCc1ccc(Cl)c(CC)c1N1C(=O)c2cc3cc(OC)c(OC)cc3nc2C1=O. The van der Waals surface area contributed by atoms with E-state index in [1.807, 2.05) is 26.0 Å². The molecule has 0 spiro atoms. The molecule has 1 aromatic heterocycles. The largest absolute Gasteiger partial charge is 0.493 e. The average molecular weight is 425 g/mol. The van der Waals surface area contributed by atoms with Gasteiger partial charge >= 0.3 is 0 Å². The number of carbonyl (C=O) groups excluding carboxylic acids is 2. The van der Waals surface area contributed by atoms with E-state index in [1.165, 1.54) is 12.0 Å². The normalized spacial score (nSPS) is 13.2. The number of rotatable bonds is 5. The van der Waals surface area contributed by atoms with Crippen molar-refractivity contribution in [3.05, 3.63) is 57.7 Å². The molecule has 154 valence electrons. The number of anilines is 1. The van der Waals surface area contributed by atoms with Crippen LogP contribution in [0.2, 0.25) is 5.02 Å². The lowest BCUT2D eigenvalue weighted by Gasteiger charge is -2.22. The van der Waals surface area contributed by atoms with Crippen molar-refractivity contribution in [3.63, 3.8) is 0 Å². The maximum absolute atomic E-state index is 13.3. The van der Waals surface area contributed by atoms with Gasteiger partial charge in [0.15, 0.2) is 11.5 Å². The molecule has 30 heavy (non-hydrogen) atoms. The molecule has 0 radical (unpaired) electrons. The molecular weight excluding hydrogens is 404 g/mol. The lowest BCUT2D eigenvalue weighted by molar-refractivity contribution is 0.0924. The van der Waals surface area contributed by atoms with Crippen LogP contribution in [0.15, 0.2) is 30.3 Å². The number of ether oxygens (including phenoxy) is 2. The van der Waals surface area contributed by atoms with E-state index in [0.29, 0.717) is 46.0 Å². The first-order valence-corrected chi connectivity index (χ1v) is 10.1. The molecule has 2 amide bonds. The molecule has 0 saturated heterocycles. The number of hydrogen-bond donors (Lipinski definition) is 0. The summed E-state index contributed by atoms with van der Waals surface area (Å²) in [7, 11) is 3.07. The second-order valence-corrected chi connectivity index (χ2v) is 7.38. The Bertz CT molecular complexity index is 1140. The van der Waals surface area contributed by atoms with Crippen molar-refractivity contribution in [3.8, 4) is 11.5 Å². The number of imide groups is 1. The maximum Gasteiger partial charge on any atom is 0.284 e. The number of amides is 2. The molecule has 0 unspecified atom stereocenters. The zero-order valence-electron chi connectivity index (χ0n) is 17.2. The number of methoxy groups -OCH3 is 2. The number of halogens is 1. The van der Waals surface area contributed by atoms with Crippen LogP contribution in [0.25, 0.3) is 10.9 Å². The summed E-state index contributed by atoms with van der Waals surface area (Å²) in [6.45, 7) is 3.93. The summed E-state index contributed by atoms with van der Waals surface area (Å²) >= 11 is 6.40. The van der Waals surface area contributed by atoms with Gasteiger partial charge in [-0.05, 0) is 42.2 Å². The summed E-state index contributed by atoms with van der Waals surface area (Å²) in [5.74, 6) is 0.184. The van der Waals surface area contributed by atoms with Crippen LogP contribution in [0.3, 0.4) is 0 Å². The number of nitrogens with zero attached hydrogens (tertiary/aromatic N) is 2. The summed E-state index contributed by atoms with van der Waals surface area (Å²) in [4.78, 5) is 32.4.